The molecule has 1 heterocycles. The minimum atomic E-state index is -0.574. The number of rotatable bonds is 4. The average Bonchev–Trinajstić information content (AvgIpc) is 2.84. The van der Waals surface area contributed by atoms with Crippen LogP contribution in [0.4, 0.5) is 21.5 Å². The van der Waals surface area contributed by atoms with Gasteiger partial charge >= 0.3 is 0 Å². The minimum Gasteiger partial charge on any atom is -0.397 e. The van der Waals surface area contributed by atoms with Crippen molar-refractivity contribution < 1.29 is 4.39 Å². The molecule has 5 N–H and O–H groups in total. The lowest BCUT2D eigenvalue weighted by atomic mass is 10.2. The van der Waals surface area contributed by atoms with Gasteiger partial charge in [-0.2, -0.15) is 0 Å². The van der Waals surface area contributed by atoms with Crippen molar-refractivity contribution in [3.8, 4) is 0 Å². The molecular formula is C12H18ClFN4. The largest absolute Gasteiger partial charge is 0.397 e. The molecular weight excluding hydrogens is 255 g/mol. The van der Waals surface area contributed by atoms with Gasteiger partial charge in [0.15, 0.2) is 5.82 Å². The lowest BCUT2D eigenvalue weighted by Gasteiger charge is -2.17. The van der Waals surface area contributed by atoms with Crippen molar-refractivity contribution in [3.63, 3.8) is 0 Å². The third kappa shape index (κ3) is 2.79. The van der Waals surface area contributed by atoms with E-state index in [2.05, 4.69) is 10.2 Å². The van der Waals surface area contributed by atoms with E-state index in [9.17, 15) is 4.39 Å². The first-order valence-corrected chi connectivity index (χ1v) is 6.46. The van der Waals surface area contributed by atoms with Crippen molar-refractivity contribution >= 4 is 28.7 Å². The number of benzene rings is 1. The van der Waals surface area contributed by atoms with E-state index < -0.39 is 5.82 Å². The van der Waals surface area contributed by atoms with Crippen LogP contribution in [-0.2, 0) is 0 Å². The number of nitrogens with zero attached hydrogens (tertiary/aromatic N) is 1. The number of halogens is 2. The Labute approximate surface area is 111 Å². The molecule has 0 saturated carbocycles. The Bertz CT molecular complexity index is 433. The standard InChI is InChI=1S/C12H18ClFN4/c13-10-8(15)7-9(16)12(11(10)14)17-3-6-18-4-1-2-5-18/h7,17H,1-6,15-16H2. The first-order valence-electron chi connectivity index (χ1n) is 6.08. The molecule has 1 saturated heterocycles. The molecule has 0 atom stereocenters. The van der Waals surface area contributed by atoms with Crippen LogP contribution >= 0.6 is 11.6 Å². The van der Waals surface area contributed by atoms with Gasteiger partial charge in [-0.05, 0) is 32.0 Å². The second-order valence-electron chi connectivity index (χ2n) is 4.53. The Balaban J connectivity index is 1.98. The van der Waals surface area contributed by atoms with Crippen molar-refractivity contribution in [2.45, 2.75) is 12.8 Å². The van der Waals surface area contributed by atoms with Gasteiger partial charge in [0.05, 0.1) is 17.1 Å². The molecule has 1 aromatic rings. The van der Waals surface area contributed by atoms with Gasteiger partial charge < -0.3 is 21.7 Å². The number of hydrogen-bond donors (Lipinski definition) is 3. The van der Waals surface area contributed by atoms with Gasteiger partial charge in [-0.1, -0.05) is 11.6 Å². The molecule has 100 valence electrons. The van der Waals surface area contributed by atoms with Crippen LogP contribution in [0.5, 0.6) is 0 Å². The molecule has 4 nitrogen and oxygen atoms in total. The zero-order valence-corrected chi connectivity index (χ0v) is 10.9. The number of hydrogen-bond acceptors (Lipinski definition) is 4. The van der Waals surface area contributed by atoms with Crippen LogP contribution < -0.4 is 16.8 Å². The molecule has 18 heavy (non-hydrogen) atoms. The van der Waals surface area contributed by atoms with Crippen molar-refractivity contribution in [2.75, 3.05) is 43.0 Å². The number of likely N-dealkylation sites (tertiary alicyclic amines) is 1. The number of nitrogens with two attached hydrogens (primary N) is 2. The summed E-state index contributed by atoms with van der Waals surface area (Å²) in [6, 6.07) is 1.48. The maximum atomic E-state index is 13.9. The van der Waals surface area contributed by atoms with Gasteiger partial charge in [0.2, 0.25) is 0 Å². The molecule has 0 spiro atoms. The van der Waals surface area contributed by atoms with Gasteiger partial charge in [0.1, 0.15) is 5.02 Å². The summed E-state index contributed by atoms with van der Waals surface area (Å²) in [5.74, 6) is -0.574. The van der Waals surface area contributed by atoms with Crippen LogP contribution in [0, 0.1) is 5.82 Å². The summed E-state index contributed by atoms with van der Waals surface area (Å²) < 4.78 is 13.9. The van der Waals surface area contributed by atoms with Crippen LogP contribution in [0.25, 0.3) is 0 Å². The number of nitrogens with one attached hydrogen (secondary N) is 1. The van der Waals surface area contributed by atoms with Crippen molar-refractivity contribution in [3.05, 3.63) is 16.9 Å². The van der Waals surface area contributed by atoms with Crippen LogP contribution in [0.15, 0.2) is 6.07 Å². The Morgan fingerprint density at radius 1 is 1.28 bits per heavy atom. The van der Waals surface area contributed by atoms with Crippen molar-refractivity contribution in [1.29, 1.82) is 0 Å². The average molecular weight is 273 g/mol. The van der Waals surface area contributed by atoms with Gasteiger partial charge in [-0.3, -0.25) is 0 Å². The molecule has 0 bridgehead atoms. The maximum absolute atomic E-state index is 13.9. The molecule has 0 amide bonds. The highest BCUT2D eigenvalue weighted by Gasteiger charge is 2.15. The van der Waals surface area contributed by atoms with E-state index in [4.69, 9.17) is 23.1 Å². The summed E-state index contributed by atoms with van der Waals surface area (Å²) in [4.78, 5) is 2.33. The zero-order chi connectivity index (χ0) is 13.1. The molecule has 0 radical (unpaired) electrons. The van der Waals surface area contributed by atoms with Crippen LogP contribution in [0.3, 0.4) is 0 Å². The SMILES string of the molecule is Nc1cc(N)c(NCCN2CCCC2)c(F)c1Cl. The fourth-order valence-corrected chi connectivity index (χ4v) is 2.34. The first kappa shape index (κ1) is 13.2. The summed E-state index contributed by atoms with van der Waals surface area (Å²) >= 11 is 5.75. The smallest absolute Gasteiger partial charge is 0.169 e. The Kier molecular flexibility index (Phi) is 4.14. The van der Waals surface area contributed by atoms with Gasteiger partial charge in [0, 0.05) is 13.1 Å². The van der Waals surface area contributed by atoms with E-state index in [1.165, 1.54) is 18.9 Å². The normalized spacial score (nSPS) is 16.1. The highest BCUT2D eigenvalue weighted by molar-refractivity contribution is 6.33. The minimum absolute atomic E-state index is 0.0760. The van der Waals surface area contributed by atoms with E-state index >= 15 is 0 Å². The Morgan fingerprint density at radius 3 is 2.61 bits per heavy atom. The number of nitrogen functional groups attached to an aromatic ring is 2. The monoisotopic (exact) mass is 272 g/mol. The predicted molar refractivity (Wildman–Crippen MR) is 74.4 cm³/mol. The molecule has 0 aromatic heterocycles. The van der Waals surface area contributed by atoms with Crippen molar-refractivity contribution in [1.82, 2.24) is 4.90 Å². The highest BCUT2D eigenvalue weighted by Crippen LogP contribution is 2.33. The molecule has 1 aliphatic rings. The second-order valence-corrected chi connectivity index (χ2v) is 4.91. The molecule has 1 aliphatic heterocycles. The third-order valence-corrected chi connectivity index (χ3v) is 3.58. The summed E-state index contributed by atoms with van der Waals surface area (Å²) in [6.07, 6.45) is 2.48. The fourth-order valence-electron chi connectivity index (χ4n) is 2.19. The van der Waals surface area contributed by atoms with E-state index in [1.807, 2.05) is 0 Å². The molecule has 0 aliphatic carbocycles. The highest BCUT2D eigenvalue weighted by atomic mass is 35.5. The van der Waals surface area contributed by atoms with Crippen LogP contribution in [0.1, 0.15) is 12.8 Å². The lowest BCUT2D eigenvalue weighted by molar-refractivity contribution is 0.352. The summed E-state index contributed by atoms with van der Waals surface area (Å²) in [5.41, 5.74) is 12.0. The van der Waals surface area contributed by atoms with E-state index in [-0.39, 0.29) is 22.1 Å². The molecule has 6 heteroatoms. The van der Waals surface area contributed by atoms with Crippen LogP contribution in [0.2, 0.25) is 5.02 Å². The second kappa shape index (κ2) is 5.63. The number of anilines is 3. The Hall–Kier alpha value is -1.20. The quantitative estimate of drug-likeness (QED) is 0.735. The van der Waals surface area contributed by atoms with Crippen molar-refractivity contribution in [2.24, 2.45) is 0 Å². The lowest BCUT2D eigenvalue weighted by Crippen LogP contribution is -2.26. The topological polar surface area (TPSA) is 67.3 Å². The summed E-state index contributed by atoms with van der Waals surface area (Å²) in [6.45, 7) is 3.74. The van der Waals surface area contributed by atoms with Gasteiger partial charge in [0.25, 0.3) is 0 Å². The van der Waals surface area contributed by atoms with E-state index in [0.29, 0.717) is 6.54 Å². The van der Waals surface area contributed by atoms with Gasteiger partial charge in [-0.25, -0.2) is 4.39 Å². The van der Waals surface area contributed by atoms with Crippen LogP contribution in [-0.4, -0.2) is 31.1 Å². The third-order valence-electron chi connectivity index (χ3n) is 3.19. The summed E-state index contributed by atoms with van der Waals surface area (Å²) in [7, 11) is 0. The van der Waals surface area contributed by atoms with E-state index in [0.717, 1.165) is 19.6 Å². The first-order chi connectivity index (χ1) is 8.59. The molecule has 2 rings (SSSR count). The zero-order valence-electron chi connectivity index (χ0n) is 10.2. The van der Waals surface area contributed by atoms with Gasteiger partial charge in [-0.15, -0.1) is 0 Å². The van der Waals surface area contributed by atoms with E-state index in [1.54, 1.807) is 0 Å². The molecule has 1 fully saturated rings. The Morgan fingerprint density at radius 2 is 1.94 bits per heavy atom. The maximum Gasteiger partial charge on any atom is 0.169 e. The summed E-state index contributed by atoms with van der Waals surface area (Å²) in [5, 5.41) is 2.92. The molecule has 0 unspecified atom stereocenters. The molecule has 1 aromatic carbocycles. The fraction of sp³-hybridized carbons (Fsp3) is 0.500. The predicted octanol–water partition coefficient (Wildman–Crippen LogP) is 2.15.